The second-order valence-corrected chi connectivity index (χ2v) is 7.17. The van der Waals surface area contributed by atoms with E-state index in [0.29, 0.717) is 6.61 Å². The standard InChI is InChI=1S/C18H22N2O2S/c1-2-5-15(6-3-1)11-21-17-10-20(9-16-12-23-14-19-16)13-18(17)7-4-8-22-18/h1-3,5-6,12,14,17H,4,7-11,13H2/t17-,18-/m0/s1. The number of rotatable bonds is 5. The van der Waals surface area contributed by atoms with Crippen LogP contribution in [0.1, 0.15) is 24.1 Å². The molecule has 2 aromatic rings. The maximum absolute atomic E-state index is 6.29. The fourth-order valence-corrected chi connectivity index (χ4v) is 4.23. The maximum atomic E-state index is 6.29. The van der Waals surface area contributed by atoms with E-state index in [9.17, 15) is 0 Å². The van der Waals surface area contributed by atoms with E-state index in [1.807, 2.05) is 11.6 Å². The van der Waals surface area contributed by atoms with Gasteiger partial charge in [0.1, 0.15) is 11.7 Å². The van der Waals surface area contributed by atoms with Gasteiger partial charge in [-0.3, -0.25) is 4.90 Å². The summed E-state index contributed by atoms with van der Waals surface area (Å²) in [5.74, 6) is 0. The second kappa shape index (κ2) is 6.69. The molecule has 3 heterocycles. The van der Waals surface area contributed by atoms with Gasteiger partial charge in [0.05, 0.1) is 17.8 Å². The minimum atomic E-state index is -0.120. The molecule has 2 atom stereocenters. The Balaban J connectivity index is 1.43. The Morgan fingerprint density at radius 1 is 1.35 bits per heavy atom. The van der Waals surface area contributed by atoms with Gasteiger partial charge in [0.2, 0.25) is 0 Å². The molecule has 1 aromatic heterocycles. The average Bonchev–Trinajstić information content (AvgIpc) is 3.31. The van der Waals surface area contributed by atoms with Crippen molar-refractivity contribution >= 4 is 11.3 Å². The normalized spacial score (nSPS) is 27.9. The van der Waals surface area contributed by atoms with E-state index in [1.54, 1.807) is 11.3 Å². The van der Waals surface area contributed by atoms with Crippen molar-refractivity contribution in [2.24, 2.45) is 0 Å². The lowest BCUT2D eigenvalue weighted by Gasteiger charge is -2.29. The Morgan fingerprint density at radius 3 is 3.00 bits per heavy atom. The smallest absolute Gasteiger partial charge is 0.108 e. The van der Waals surface area contributed by atoms with Crippen LogP contribution in [0.3, 0.4) is 0 Å². The first-order valence-corrected chi connectivity index (χ1v) is 9.17. The highest BCUT2D eigenvalue weighted by atomic mass is 32.1. The van der Waals surface area contributed by atoms with Gasteiger partial charge in [-0.1, -0.05) is 30.3 Å². The monoisotopic (exact) mass is 330 g/mol. The largest absolute Gasteiger partial charge is 0.371 e. The van der Waals surface area contributed by atoms with Crippen molar-refractivity contribution < 1.29 is 9.47 Å². The number of likely N-dealkylation sites (tertiary alicyclic amines) is 1. The van der Waals surface area contributed by atoms with Crippen LogP contribution in [-0.4, -0.2) is 41.3 Å². The minimum Gasteiger partial charge on any atom is -0.371 e. The van der Waals surface area contributed by atoms with Crippen LogP contribution in [0.25, 0.3) is 0 Å². The highest BCUT2D eigenvalue weighted by Crippen LogP contribution is 2.37. The molecular weight excluding hydrogens is 308 g/mol. The molecule has 0 unspecified atom stereocenters. The molecule has 4 nitrogen and oxygen atoms in total. The lowest BCUT2D eigenvalue weighted by molar-refractivity contribution is -0.0959. The quantitative estimate of drug-likeness (QED) is 0.844. The van der Waals surface area contributed by atoms with Crippen LogP contribution >= 0.6 is 11.3 Å². The number of nitrogens with zero attached hydrogens (tertiary/aromatic N) is 2. The summed E-state index contributed by atoms with van der Waals surface area (Å²) in [6, 6.07) is 10.4. The van der Waals surface area contributed by atoms with Crippen LogP contribution in [0.4, 0.5) is 0 Å². The SMILES string of the molecule is c1ccc(CO[C@H]2CN(Cc3cscn3)C[C@@]23CCCO3)cc1. The molecule has 0 bridgehead atoms. The van der Waals surface area contributed by atoms with Gasteiger partial charge in [-0.2, -0.15) is 0 Å². The van der Waals surface area contributed by atoms with Crippen LogP contribution in [-0.2, 0) is 22.6 Å². The predicted octanol–water partition coefficient (Wildman–Crippen LogP) is 3.09. The van der Waals surface area contributed by atoms with E-state index < -0.39 is 0 Å². The van der Waals surface area contributed by atoms with Gasteiger partial charge in [-0.15, -0.1) is 11.3 Å². The van der Waals surface area contributed by atoms with E-state index in [0.717, 1.165) is 44.8 Å². The van der Waals surface area contributed by atoms with E-state index in [-0.39, 0.29) is 11.7 Å². The summed E-state index contributed by atoms with van der Waals surface area (Å²) < 4.78 is 12.5. The van der Waals surface area contributed by atoms with Crippen molar-refractivity contribution in [3.8, 4) is 0 Å². The predicted molar refractivity (Wildman–Crippen MR) is 90.3 cm³/mol. The summed E-state index contributed by atoms with van der Waals surface area (Å²) in [6.45, 7) is 4.27. The van der Waals surface area contributed by atoms with Crippen LogP contribution in [0.15, 0.2) is 41.2 Å². The summed E-state index contributed by atoms with van der Waals surface area (Å²) in [5.41, 5.74) is 4.15. The molecule has 1 spiro atoms. The molecule has 2 aliphatic heterocycles. The van der Waals surface area contributed by atoms with Gasteiger partial charge < -0.3 is 9.47 Å². The molecule has 2 fully saturated rings. The van der Waals surface area contributed by atoms with E-state index in [2.05, 4.69) is 39.5 Å². The molecule has 122 valence electrons. The van der Waals surface area contributed by atoms with Crippen LogP contribution < -0.4 is 0 Å². The third kappa shape index (κ3) is 3.33. The summed E-state index contributed by atoms with van der Waals surface area (Å²) in [4.78, 5) is 6.84. The van der Waals surface area contributed by atoms with Gasteiger partial charge in [-0.05, 0) is 18.4 Å². The molecule has 0 saturated carbocycles. The van der Waals surface area contributed by atoms with Crippen molar-refractivity contribution in [1.82, 2.24) is 9.88 Å². The molecule has 4 rings (SSSR count). The Morgan fingerprint density at radius 2 is 2.26 bits per heavy atom. The number of benzene rings is 1. The second-order valence-electron chi connectivity index (χ2n) is 6.45. The van der Waals surface area contributed by atoms with Crippen molar-refractivity contribution in [3.05, 3.63) is 52.5 Å². The van der Waals surface area contributed by atoms with E-state index >= 15 is 0 Å². The minimum absolute atomic E-state index is 0.120. The molecule has 23 heavy (non-hydrogen) atoms. The fraction of sp³-hybridized carbons (Fsp3) is 0.500. The zero-order valence-electron chi connectivity index (χ0n) is 13.2. The number of ether oxygens (including phenoxy) is 2. The van der Waals surface area contributed by atoms with Crippen molar-refractivity contribution in [2.75, 3.05) is 19.7 Å². The Hall–Kier alpha value is -1.27. The highest BCUT2D eigenvalue weighted by Gasteiger charge is 2.50. The highest BCUT2D eigenvalue weighted by molar-refractivity contribution is 7.07. The number of aromatic nitrogens is 1. The molecular formula is C18H22N2O2S. The summed E-state index contributed by atoms with van der Waals surface area (Å²) in [5, 5.41) is 2.13. The molecule has 1 aromatic carbocycles. The molecule has 2 aliphatic rings. The lowest BCUT2D eigenvalue weighted by Crippen LogP contribution is -2.42. The summed E-state index contributed by atoms with van der Waals surface area (Å²) in [6.07, 6.45) is 2.37. The number of thiazole rings is 1. The Kier molecular flexibility index (Phi) is 4.44. The van der Waals surface area contributed by atoms with Crippen molar-refractivity contribution in [1.29, 1.82) is 0 Å². The van der Waals surface area contributed by atoms with Gasteiger partial charge in [0, 0.05) is 31.6 Å². The van der Waals surface area contributed by atoms with Crippen LogP contribution in [0.5, 0.6) is 0 Å². The summed E-state index contributed by atoms with van der Waals surface area (Å²) in [7, 11) is 0. The summed E-state index contributed by atoms with van der Waals surface area (Å²) >= 11 is 1.65. The molecule has 5 heteroatoms. The lowest BCUT2D eigenvalue weighted by atomic mass is 9.96. The molecule has 0 amide bonds. The van der Waals surface area contributed by atoms with Gasteiger partial charge >= 0.3 is 0 Å². The molecule has 0 aliphatic carbocycles. The Labute approximate surface area is 141 Å². The van der Waals surface area contributed by atoms with Crippen molar-refractivity contribution in [3.63, 3.8) is 0 Å². The van der Waals surface area contributed by atoms with Gasteiger partial charge in [-0.25, -0.2) is 4.98 Å². The molecule has 0 N–H and O–H groups in total. The number of hydrogen-bond donors (Lipinski definition) is 0. The third-order valence-electron chi connectivity index (χ3n) is 4.80. The molecule has 2 saturated heterocycles. The zero-order valence-corrected chi connectivity index (χ0v) is 14.0. The maximum Gasteiger partial charge on any atom is 0.108 e. The van der Waals surface area contributed by atoms with E-state index in [1.165, 1.54) is 5.56 Å². The number of hydrogen-bond acceptors (Lipinski definition) is 5. The topological polar surface area (TPSA) is 34.6 Å². The first-order valence-electron chi connectivity index (χ1n) is 8.23. The van der Waals surface area contributed by atoms with E-state index in [4.69, 9.17) is 9.47 Å². The first kappa shape index (κ1) is 15.3. The zero-order chi connectivity index (χ0) is 15.5. The van der Waals surface area contributed by atoms with Crippen LogP contribution in [0.2, 0.25) is 0 Å². The van der Waals surface area contributed by atoms with Crippen LogP contribution in [0, 0.1) is 0 Å². The third-order valence-corrected chi connectivity index (χ3v) is 5.43. The fourth-order valence-electron chi connectivity index (χ4n) is 3.68. The molecule has 0 radical (unpaired) electrons. The first-order chi connectivity index (χ1) is 11.3. The Bertz CT molecular complexity index is 611. The average molecular weight is 330 g/mol. The van der Waals surface area contributed by atoms with Crippen molar-refractivity contribution in [2.45, 2.75) is 37.7 Å². The van der Waals surface area contributed by atoms with Gasteiger partial charge in [0.25, 0.3) is 0 Å². The van der Waals surface area contributed by atoms with Gasteiger partial charge in [0.15, 0.2) is 0 Å².